The van der Waals surface area contributed by atoms with Crippen molar-refractivity contribution >= 4 is 5.78 Å². The highest BCUT2D eigenvalue weighted by Gasteiger charge is 2.58. The van der Waals surface area contributed by atoms with Gasteiger partial charge in [0.2, 0.25) is 0 Å². The predicted octanol–water partition coefficient (Wildman–Crippen LogP) is 2.73. The van der Waals surface area contributed by atoms with E-state index in [-0.39, 0.29) is 11.5 Å². The summed E-state index contributed by atoms with van der Waals surface area (Å²) in [6.45, 7) is 3.29. The fraction of sp³-hybridized carbons (Fsp3) is 0.267. The van der Waals surface area contributed by atoms with E-state index in [4.69, 9.17) is 9.15 Å². The van der Waals surface area contributed by atoms with Crippen LogP contribution in [0.25, 0.3) is 0 Å². The van der Waals surface area contributed by atoms with Gasteiger partial charge in [0, 0.05) is 0 Å². The number of aliphatic hydroxyl groups is 1. The van der Waals surface area contributed by atoms with Crippen LogP contribution in [0.5, 0.6) is 5.75 Å². The first-order valence-electron chi connectivity index (χ1n) is 6.06. The second-order valence-electron chi connectivity index (χ2n) is 5.17. The number of carbonyl (C=O) groups excluding carboxylic acids is 1. The number of ether oxygens (including phenoxy) is 1. The minimum Gasteiger partial charge on any atom is -0.462 e. The standard InChI is InChI=1S/C15H14O4/c1-14(2)13(16)10-6-3-4-7-11(10)19-15(14,17)12-8-5-9-18-12/h3-9,17H,1-2H3. The van der Waals surface area contributed by atoms with Crippen LogP contribution in [0.15, 0.2) is 47.1 Å². The Labute approximate surface area is 110 Å². The van der Waals surface area contributed by atoms with Gasteiger partial charge in [-0.25, -0.2) is 0 Å². The number of Topliss-reactive ketones (excluding diaryl/α,β-unsaturated/α-hetero) is 1. The van der Waals surface area contributed by atoms with E-state index >= 15 is 0 Å². The second kappa shape index (κ2) is 3.71. The van der Waals surface area contributed by atoms with Gasteiger partial charge in [-0.3, -0.25) is 4.79 Å². The lowest BCUT2D eigenvalue weighted by atomic mass is 9.73. The molecule has 1 aliphatic heterocycles. The van der Waals surface area contributed by atoms with Gasteiger partial charge in [-0.1, -0.05) is 12.1 Å². The van der Waals surface area contributed by atoms with Crippen LogP contribution < -0.4 is 4.74 Å². The van der Waals surface area contributed by atoms with E-state index in [0.29, 0.717) is 11.3 Å². The van der Waals surface area contributed by atoms with Crippen LogP contribution in [0.2, 0.25) is 0 Å². The number of ketones is 1. The van der Waals surface area contributed by atoms with Crippen molar-refractivity contribution in [3.05, 3.63) is 54.0 Å². The van der Waals surface area contributed by atoms with Crippen molar-refractivity contribution < 1.29 is 19.1 Å². The molecule has 0 saturated carbocycles. The fourth-order valence-electron chi connectivity index (χ4n) is 2.35. The minimum atomic E-state index is -1.80. The third kappa shape index (κ3) is 1.47. The molecule has 0 radical (unpaired) electrons. The van der Waals surface area contributed by atoms with Gasteiger partial charge in [0.25, 0.3) is 5.79 Å². The lowest BCUT2D eigenvalue weighted by Crippen LogP contribution is -2.54. The Hall–Kier alpha value is -2.07. The molecule has 4 heteroatoms. The minimum absolute atomic E-state index is 0.173. The summed E-state index contributed by atoms with van der Waals surface area (Å²) in [6, 6.07) is 10.1. The highest BCUT2D eigenvalue weighted by Crippen LogP contribution is 2.48. The first-order chi connectivity index (χ1) is 8.97. The van der Waals surface area contributed by atoms with E-state index in [2.05, 4.69) is 0 Å². The molecule has 1 aliphatic rings. The molecule has 2 heterocycles. The SMILES string of the molecule is CC1(C)C(=O)c2ccccc2OC1(O)c1ccco1. The molecule has 0 amide bonds. The summed E-state index contributed by atoms with van der Waals surface area (Å²) in [5.41, 5.74) is -0.664. The zero-order valence-corrected chi connectivity index (χ0v) is 10.7. The van der Waals surface area contributed by atoms with Crippen LogP contribution in [-0.2, 0) is 5.79 Å². The van der Waals surface area contributed by atoms with Crippen molar-refractivity contribution in [2.75, 3.05) is 0 Å². The van der Waals surface area contributed by atoms with Crippen molar-refractivity contribution in [2.24, 2.45) is 5.41 Å². The van der Waals surface area contributed by atoms with E-state index in [1.54, 1.807) is 50.2 Å². The molecule has 0 spiro atoms. The highest BCUT2D eigenvalue weighted by atomic mass is 16.6. The Morgan fingerprint density at radius 3 is 2.53 bits per heavy atom. The summed E-state index contributed by atoms with van der Waals surface area (Å²) in [4.78, 5) is 12.6. The molecule has 1 aromatic heterocycles. The quantitative estimate of drug-likeness (QED) is 0.854. The van der Waals surface area contributed by atoms with Gasteiger partial charge in [0.1, 0.15) is 11.2 Å². The highest BCUT2D eigenvalue weighted by molar-refractivity contribution is 6.04. The molecule has 1 unspecified atom stereocenters. The number of furan rings is 1. The summed E-state index contributed by atoms with van der Waals surface area (Å²) in [6.07, 6.45) is 1.44. The number of carbonyl (C=O) groups is 1. The normalized spacial score (nSPS) is 24.7. The molecule has 98 valence electrons. The summed E-state index contributed by atoms with van der Waals surface area (Å²) >= 11 is 0. The van der Waals surface area contributed by atoms with Gasteiger partial charge in [-0.05, 0) is 38.1 Å². The molecule has 3 rings (SSSR count). The average molecular weight is 258 g/mol. The molecule has 4 nitrogen and oxygen atoms in total. The molecule has 1 aromatic carbocycles. The average Bonchev–Trinajstić information content (AvgIpc) is 2.91. The van der Waals surface area contributed by atoms with E-state index in [1.165, 1.54) is 6.26 Å². The number of fused-ring (bicyclic) bond motifs is 1. The maximum atomic E-state index is 12.6. The predicted molar refractivity (Wildman–Crippen MR) is 67.8 cm³/mol. The molecule has 0 saturated heterocycles. The molecule has 19 heavy (non-hydrogen) atoms. The third-order valence-corrected chi connectivity index (χ3v) is 3.66. The molecular formula is C15H14O4. The molecule has 0 aliphatic carbocycles. The molecule has 2 aromatic rings. The van der Waals surface area contributed by atoms with Crippen molar-refractivity contribution in [1.29, 1.82) is 0 Å². The molecule has 0 bridgehead atoms. The number of benzene rings is 1. The summed E-state index contributed by atoms with van der Waals surface area (Å²) in [5.74, 6) is -1.39. The summed E-state index contributed by atoms with van der Waals surface area (Å²) in [7, 11) is 0. The molecular weight excluding hydrogens is 244 g/mol. The van der Waals surface area contributed by atoms with Gasteiger partial charge >= 0.3 is 0 Å². The number of hydrogen-bond donors (Lipinski definition) is 1. The van der Waals surface area contributed by atoms with Crippen LogP contribution in [0.3, 0.4) is 0 Å². The molecule has 0 fully saturated rings. The second-order valence-corrected chi connectivity index (χ2v) is 5.17. The Balaban J connectivity index is 2.22. The number of hydrogen-bond acceptors (Lipinski definition) is 4. The van der Waals surface area contributed by atoms with Gasteiger partial charge in [-0.15, -0.1) is 0 Å². The first-order valence-corrected chi connectivity index (χ1v) is 6.06. The molecule has 1 atom stereocenters. The summed E-state index contributed by atoms with van der Waals surface area (Å²) in [5, 5.41) is 10.8. The zero-order chi connectivity index (χ0) is 13.7. The maximum absolute atomic E-state index is 12.6. The lowest BCUT2D eigenvalue weighted by molar-refractivity contribution is -0.221. The van der Waals surface area contributed by atoms with E-state index in [9.17, 15) is 9.90 Å². The Morgan fingerprint density at radius 2 is 1.84 bits per heavy atom. The van der Waals surface area contributed by atoms with Gasteiger partial charge in [0.15, 0.2) is 11.5 Å². The fourth-order valence-corrected chi connectivity index (χ4v) is 2.35. The number of para-hydroxylation sites is 1. The van der Waals surface area contributed by atoms with Crippen molar-refractivity contribution in [3.63, 3.8) is 0 Å². The monoisotopic (exact) mass is 258 g/mol. The van der Waals surface area contributed by atoms with Crippen LogP contribution in [0.1, 0.15) is 30.0 Å². The van der Waals surface area contributed by atoms with E-state index in [0.717, 1.165) is 0 Å². The van der Waals surface area contributed by atoms with Crippen LogP contribution in [0, 0.1) is 5.41 Å². The Bertz CT molecular complexity index is 627. The maximum Gasteiger partial charge on any atom is 0.279 e. The van der Waals surface area contributed by atoms with Crippen molar-refractivity contribution in [1.82, 2.24) is 0 Å². The third-order valence-electron chi connectivity index (χ3n) is 3.66. The van der Waals surface area contributed by atoms with Gasteiger partial charge in [-0.2, -0.15) is 0 Å². The largest absolute Gasteiger partial charge is 0.462 e. The summed E-state index contributed by atoms with van der Waals surface area (Å²) < 4.78 is 10.9. The van der Waals surface area contributed by atoms with Crippen LogP contribution in [0.4, 0.5) is 0 Å². The van der Waals surface area contributed by atoms with Crippen molar-refractivity contribution in [3.8, 4) is 5.75 Å². The van der Waals surface area contributed by atoms with Crippen molar-refractivity contribution in [2.45, 2.75) is 19.6 Å². The Morgan fingerprint density at radius 1 is 1.11 bits per heavy atom. The topological polar surface area (TPSA) is 59.7 Å². The van der Waals surface area contributed by atoms with Crippen LogP contribution >= 0.6 is 0 Å². The zero-order valence-electron chi connectivity index (χ0n) is 10.7. The Kier molecular flexibility index (Phi) is 2.34. The lowest BCUT2D eigenvalue weighted by Gasteiger charge is -2.43. The van der Waals surface area contributed by atoms with Gasteiger partial charge in [0.05, 0.1) is 11.8 Å². The molecule has 1 N–H and O–H groups in total. The first kappa shape index (κ1) is 12.0. The van der Waals surface area contributed by atoms with Gasteiger partial charge < -0.3 is 14.3 Å². The van der Waals surface area contributed by atoms with E-state index < -0.39 is 11.2 Å². The number of rotatable bonds is 1. The smallest absolute Gasteiger partial charge is 0.279 e. The van der Waals surface area contributed by atoms with Crippen LogP contribution in [-0.4, -0.2) is 10.9 Å². The van der Waals surface area contributed by atoms with E-state index in [1.807, 2.05) is 0 Å².